The first-order valence-electron chi connectivity index (χ1n) is 16.4. The molecule has 2 heterocycles. The number of carbonyl (C=O) groups is 4. The van der Waals surface area contributed by atoms with E-state index in [1.165, 1.54) is 0 Å². The number of rotatable bonds is 5. The van der Waals surface area contributed by atoms with E-state index in [-0.39, 0.29) is 49.4 Å². The molecule has 10 nitrogen and oxygen atoms in total. The Morgan fingerprint density at radius 1 is 0.896 bits per heavy atom. The topological polar surface area (TPSA) is 120 Å². The number of nitrogens with zero attached hydrogens (tertiary/aromatic N) is 2. The van der Waals surface area contributed by atoms with Gasteiger partial charge in [0.15, 0.2) is 0 Å². The molecule has 4 aromatic carbocycles. The minimum Gasteiger partial charge on any atom is -0.491 e. The number of ether oxygens (including phenoxy) is 1. The molecule has 5 amide bonds. The van der Waals surface area contributed by atoms with E-state index in [4.69, 9.17) is 4.74 Å². The molecule has 248 valence electrons. The smallest absolute Gasteiger partial charge is 0.319 e. The molecule has 48 heavy (non-hydrogen) atoms. The van der Waals surface area contributed by atoms with Gasteiger partial charge in [-0.2, -0.15) is 0 Å². The van der Waals surface area contributed by atoms with E-state index in [0.29, 0.717) is 42.8 Å². The van der Waals surface area contributed by atoms with Gasteiger partial charge in [0.25, 0.3) is 5.91 Å². The summed E-state index contributed by atoms with van der Waals surface area (Å²) in [5.41, 5.74) is 3.03. The highest BCUT2D eigenvalue weighted by atomic mass is 16.5. The Kier molecular flexibility index (Phi) is 9.89. The fraction of sp³-hybridized carbons (Fsp3) is 0.316. The van der Waals surface area contributed by atoms with Crippen molar-refractivity contribution in [1.29, 1.82) is 0 Å². The lowest BCUT2D eigenvalue weighted by atomic mass is 10.0. The molecule has 6 rings (SSSR count). The van der Waals surface area contributed by atoms with Crippen LogP contribution in [0.1, 0.15) is 40.7 Å². The van der Waals surface area contributed by atoms with E-state index in [1.54, 1.807) is 47.2 Å². The number of benzene rings is 4. The maximum Gasteiger partial charge on any atom is 0.319 e. The molecule has 3 atom stereocenters. The summed E-state index contributed by atoms with van der Waals surface area (Å²) >= 11 is 0. The lowest BCUT2D eigenvalue weighted by Crippen LogP contribution is -2.52. The maximum absolute atomic E-state index is 14.2. The second-order valence-corrected chi connectivity index (χ2v) is 12.7. The highest BCUT2D eigenvalue weighted by Gasteiger charge is 2.39. The van der Waals surface area contributed by atoms with Gasteiger partial charge in [0, 0.05) is 37.4 Å². The van der Waals surface area contributed by atoms with Crippen LogP contribution in [0.25, 0.3) is 10.8 Å². The molecule has 0 aromatic heterocycles. The van der Waals surface area contributed by atoms with Gasteiger partial charge >= 0.3 is 6.03 Å². The van der Waals surface area contributed by atoms with Crippen molar-refractivity contribution in [3.8, 4) is 5.75 Å². The Labute approximate surface area is 280 Å². The van der Waals surface area contributed by atoms with E-state index in [9.17, 15) is 19.2 Å². The van der Waals surface area contributed by atoms with Gasteiger partial charge in [-0.1, -0.05) is 60.7 Å². The summed E-state index contributed by atoms with van der Waals surface area (Å²) in [4.78, 5) is 57.1. The third-order valence-electron chi connectivity index (χ3n) is 8.98. The largest absolute Gasteiger partial charge is 0.491 e. The van der Waals surface area contributed by atoms with Crippen LogP contribution in [0.4, 0.5) is 10.5 Å². The van der Waals surface area contributed by atoms with Crippen molar-refractivity contribution >= 4 is 40.2 Å². The quantitative estimate of drug-likeness (QED) is 0.285. The van der Waals surface area contributed by atoms with Crippen molar-refractivity contribution in [3.63, 3.8) is 0 Å². The van der Waals surface area contributed by atoms with Gasteiger partial charge in [0.2, 0.25) is 11.8 Å². The molecule has 1 fully saturated rings. The number of anilines is 1. The third kappa shape index (κ3) is 7.94. The molecule has 2 bridgehead atoms. The summed E-state index contributed by atoms with van der Waals surface area (Å²) in [6, 6.07) is 26.5. The minimum absolute atomic E-state index is 0.128. The summed E-state index contributed by atoms with van der Waals surface area (Å²) in [5.74, 6) is -0.0115. The number of hydrogen-bond acceptors (Lipinski definition) is 5. The molecule has 0 aliphatic carbocycles. The van der Waals surface area contributed by atoms with Crippen LogP contribution in [0, 0.1) is 6.92 Å². The lowest BCUT2D eigenvalue weighted by Gasteiger charge is -2.30. The van der Waals surface area contributed by atoms with Crippen molar-refractivity contribution in [1.82, 2.24) is 20.4 Å². The van der Waals surface area contributed by atoms with Gasteiger partial charge in [-0.25, -0.2) is 4.79 Å². The zero-order valence-electron chi connectivity index (χ0n) is 27.3. The van der Waals surface area contributed by atoms with E-state index in [0.717, 1.165) is 21.9 Å². The standard InChI is InChI=1S/C38H41N5O5/c1-25-8-5-12-30(18-25)40-38(47)41-34-14-7-17-42(2)36(45)29-11-6-13-33(21-29)48-24-32-22-31(23-43(32)37(34)46)39-35(44)20-26-15-16-27-9-3-4-10-28(27)19-26/h3-6,8-13,15-16,18-19,21,31-32,34H,7,14,17,20,22-24H2,1-2H3,(H,39,44)(H2,40,41,47)/t31-,32-,34-/m0/s1. The highest BCUT2D eigenvalue weighted by molar-refractivity contribution is 5.95. The van der Waals surface area contributed by atoms with Crippen LogP contribution >= 0.6 is 0 Å². The molecule has 3 N–H and O–H groups in total. The van der Waals surface area contributed by atoms with Crippen molar-refractivity contribution < 1.29 is 23.9 Å². The van der Waals surface area contributed by atoms with Crippen LogP contribution in [0.5, 0.6) is 5.75 Å². The fourth-order valence-corrected chi connectivity index (χ4v) is 6.53. The molecule has 4 aromatic rings. The maximum atomic E-state index is 14.2. The molecule has 0 saturated carbocycles. The molecule has 0 unspecified atom stereocenters. The second kappa shape index (κ2) is 14.6. The Hall–Kier alpha value is -5.38. The minimum atomic E-state index is -0.853. The highest BCUT2D eigenvalue weighted by Crippen LogP contribution is 2.24. The molecule has 0 radical (unpaired) electrons. The average molecular weight is 648 g/mol. The number of fused-ring (bicyclic) bond motifs is 4. The number of nitrogens with one attached hydrogen (secondary N) is 3. The summed E-state index contributed by atoms with van der Waals surface area (Å²) < 4.78 is 6.16. The van der Waals surface area contributed by atoms with Crippen LogP contribution in [0.2, 0.25) is 0 Å². The second-order valence-electron chi connectivity index (χ2n) is 12.7. The Balaban J connectivity index is 1.20. The Morgan fingerprint density at radius 3 is 2.54 bits per heavy atom. The lowest BCUT2D eigenvalue weighted by molar-refractivity contribution is -0.135. The van der Waals surface area contributed by atoms with Crippen molar-refractivity contribution in [2.24, 2.45) is 0 Å². The number of urea groups is 1. The van der Waals surface area contributed by atoms with Crippen molar-refractivity contribution in [3.05, 3.63) is 108 Å². The monoisotopic (exact) mass is 647 g/mol. The number of hydrogen-bond donors (Lipinski definition) is 3. The zero-order valence-corrected chi connectivity index (χ0v) is 27.3. The Morgan fingerprint density at radius 2 is 1.71 bits per heavy atom. The van der Waals surface area contributed by atoms with Crippen LogP contribution in [0.3, 0.4) is 0 Å². The Bertz CT molecular complexity index is 1830. The fourth-order valence-electron chi connectivity index (χ4n) is 6.53. The van der Waals surface area contributed by atoms with E-state index >= 15 is 0 Å². The predicted molar refractivity (Wildman–Crippen MR) is 185 cm³/mol. The molecule has 2 aliphatic rings. The summed E-state index contributed by atoms with van der Waals surface area (Å²) in [5, 5.41) is 11.1. The molecule has 2 aliphatic heterocycles. The van der Waals surface area contributed by atoms with Crippen LogP contribution < -0.4 is 20.7 Å². The molecular weight excluding hydrogens is 606 g/mol. The van der Waals surface area contributed by atoms with Gasteiger partial charge in [0.05, 0.1) is 12.5 Å². The van der Waals surface area contributed by atoms with Gasteiger partial charge in [-0.05, 0) is 78.4 Å². The van der Waals surface area contributed by atoms with Crippen LogP contribution in [-0.2, 0) is 16.0 Å². The third-order valence-corrected chi connectivity index (χ3v) is 8.98. The van der Waals surface area contributed by atoms with Gasteiger partial charge in [-0.3, -0.25) is 14.4 Å². The first kappa shape index (κ1) is 32.6. The van der Waals surface area contributed by atoms with E-state index in [2.05, 4.69) is 16.0 Å². The zero-order chi connectivity index (χ0) is 33.6. The first-order valence-corrected chi connectivity index (χ1v) is 16.4. The SMILES string of the molecule is Cc1cccc(NC(=O)N[C@H]2CCCN(C)C(=O)c3cccc(c3)OC[C@@H]3C[C@H](NC(=O)Cc4ccc5ccccc5c4)CN3C2=O)c1. The summed E-state index contributed by atoms with van der Waals surface area (Å²) in [6.07, 6.45) is 1.51. The summed E-state index contributed by atoms with van der Waals surface area (Å²) in [6.45, 7) is 2.78. The van der Waals surface area contributed by atoms with Crippen molar-refractivity contribution in [2.45, 2.75) is 50.7 Å². The summed E-state index contributed by atoms with van der Waals surface area (Å²) in [7, 11) is 1.72. The van der Waals surface area contributed by atoms with Gasteiger partial charge < -0.3 is 30.5 Å². The molecule has 10 heteroatoms. The number of aryl methyl sites for hydroxylation is 1. The van der Waals surface area contributed by atoms with Crippen LogP contribution in [0.15, 0.2) is 91.0 Å². The van der Waals surface area contributed by atoms with E-state index < -0.39 is 12.1 Å². The van der Waals surface area contributed by atoms with Crippen molar-refractivity contribution in [2.75, 3.05) is 32.1 Å². The first-order chi connectivity index (χ1) is 23.2. The predicted octanol–water partition coefficient (Wildman–Crippen LogP) is 4.91. The average Bonchev–Trinajstić information content (AvgIpc) is 3.47. The van der Waals surface area contributed by atoms with Crippen LogP contribution in [-0.4, -0.2) is 78.4 Å². The number of amides is 5. The number of carbonyl (C=O) groups excluding carboxylic acids is 4. The normalized spacial score (nSPS) is 20.0. The molecule has 1 saturated heterocycles. The van der Waals surface area contributed by atoms with Gasteiger partial charge in [0.1, 0.15) is 18.4 Å². The molecule has 0 spiro atoms. The molecular formula is C38H41N5O5. The van der Waals surface area contributed by atoms with E-state index in [1.807, 2.05) is 67.6 Å². The van der Waals surface area contributed by atoms with Gasteiger partial charge in [-0.15, -0.1) is 0 Å².